The number of amides is 1. The van der Waals surface area contributed by atoms with Gasteiger partial charge in [0.1, 0.15) is 12.4 Å². The van der Waals surface area contributed by atoms with E-state index in [1.54, 1.807) is 6.20 Å². The summed E-state index contributed by atoms with van der Waals surface area (Å²) in [6, 6.07) is 18.9. The van der Waals surface area contributed by atoms with E-state index in [4.69, 9.17) is 0 Å². The second-order valence-corrected chi connectivity index (χ2v) is 6.21. The molecule has 142 valence electrons. The van der Waals surface area contributed by atoms with Crippen LogP contribution in [0.3, 0.4) is 0 Å². The molecule has 0 saturated carbocycles. The summed E-state index contributed by atoms with van der Waals surface area (Å²) in [6.07, 6.45) is -0.978. The maximum absolute atomic E-state index is 12.3. The molecule has 0 bridgehead atoms. The number of benzene rings is 1. The van der Waals surface area contributed by atoms with E-state index in [1.165, 1.54) is 10.7 Å². The Morgan fingerprint density at radius 1 is 0.964 bits per heavy atom. The molecule has 0 aliphatic heterocycles. The van der Waals surface area contributed by atoms with Crippen LogP contribution in [0, 0.1) is 0 Å². The van der Waals surface area contributed by atoms with Crippen LogP contribution in [-0.2, 0) is 0 Å². The van der Waals surface area contributed by atoms with Gasteiger partial charge in [-0.15, -0.1) is 0 Å². The quantitative estimate of drug-likeness (QED) is 0.576. The summed E-state index contributed by atoms with van der Waals surface area (Å²) >= 11 is 0. The van der Waals surface area contributed by atoms with Crippen molar-refractivity contribution in [1.82, 2.24) is 19.5 Å². The Labute approximate surface area is 158 Å². The van der Waals surface area contributed by atoms with E-state index >= 15 is 0 Å². The molecule has 1 amide bonds. The van der Waals surface area contributed by atoms with Gasteiger partial charge in [-0.1, -0.05) is 36.4 Å². The number of halogens is 3. The summed E-state index contributed by atoms with van der Waals surface area (Å²) in [5, 5.41) is 5.94. The van der Waals surface area contributed by atoms with Crippen molar-refractivity contribution < 1.29 is 18.0 Å². The van der Waals surface area contributed by atoms with Gasteiger partial charge in [0.2, 0.25) is 0 Å². The number of alkyl halides is 3. The summed E-state index contributed by atoms with van der Waals surface area (Å²) in [5.74, 6) is -0.204. The number of carbonyl (C=O) groups excluding carboxylic acids is 1. The molecule has 0 fully saturated rings. The molecule has 0 atom stereocenters. The Morgan fingerprint density at radius 2 is 1.71 bits per heavy atom. The van der Waals surface area contributed by atoms with Gasteiger partial charge in [0.15, 0.2) is 5.69 Å². The Hall–Kier alpha value is -3.55. The fourth-order valence-corrected chi connectivity index (χ4v) is 2.92. The first-order valence-corrected chi connectivity index (χ1v) is 8.48. The van der Waals surface area contributed by atoms with E-state index in [9.17, 15) is 18.0 Å². The van der Waals surface area contributed by atoms with Crippen LogP contribution in [0.15, 0.2) is 73.1 Å². The van der Waals surface area contributed by atoms with Gasteiger partial charge in [0, 0.05) is 17.9 Å². The first-order chi connectivity index (χ1) is 13.4. The van der Waals surface area contributed by atoms with Crippen LogP contribution in [0.5, 0.6) is 0 Å². The van der Waals surface area contributed by atoms with Crippen LogP contribution >= 0.6 is 0 Å². The van der Waals surface area contributed by atoms with Gasteiger partial charge >= 0.3 is 6.18 Å². The molecule has 3 aromatic heterocycles. The molecule has 4 aromatic rings. The highest BCUT2D eigenvalue weighted by Crippen LogP contribution is 2.23. The highest BCUT2D eigenvalue weighted by atomic mass is 19.4. The lowest BCUT2D eigenvalue weighted by molar-refractivity contribution is -0.123. The Bertz CT molecular complexity index is 1130. The monoisotopic (exact) mass is 384 g/mol. The van der Waals surface area contributed by atoms with Crippen molar-refractivity contribution in [2.24, 2.45) is 0 Å². The molecule has 0 radical (unpaired) electrons. The number of nitrogens with one attached hydrogen (secondary N) is 1. The topological polar surface area (TPSA) is 51.3 Å². The van der Waals surface area contributed by atoms with Crippen LogP contribution in [0.4, 0.5) is 13.2 Å². The van der Waals surface area contributed by atoms with Gasteiger partial charge in [-0.2, -0.15) is 18.3 Å². The van der Waals surface area contributed by atoms with Crippen molar-refractivity contribution in [2.75, 3.05) is 6.54 Å². The second-order valence-electron chi connectivity index (χ2n) is 6.21. The van der Waals surface area contributed by atoms with Crippen molar-refractivity contribution in [3.05, 3.63) is 78.8 Å². The zero-order valence-electron chi connectivity index (χ0n) is 14.5. The molecule has 0 aliphatic carbocycles. The molecule has 5 nitrogen and oxygen atoms in total. The molecular weight excluding hydrogens is 369 g/mol. The van der Waals surface area contributed by atoms with Crippen LogP contribution in [0.25, 0.3) is 22.5 Å². The third-order valence-corrected chi connectivity index (χ3v) is 4.24. The average Bonchev–Trinajstić information content (AvgIpc) is 3.32. The Balaban J connectivity index is 1.65. The van der Waals surface area contributed by atoms with E-state index in [-0.39, 0.29) is 5.69 Å². The second kappa shape index (κ2) is 6.88. The number of rotatable bonds is 4. The Morgan fingerprint density at radius 3 is 2.46 bits per heavy atom. The van der Waals surface area contributed by atoms with Gasteiger partial charge in [-0.3, -0.25) is 4.79 Å². The summed E-state index contributed by atoms with van der Waals surface area (Å²) in [7, 11) is 0. The van der Waals surface area contributed by atoms with E-state index in [1.807, 2.05) is 70.5 Å². The summed E-state index contributed by atoms with van der Waals surface area (Å²) in [4.78, 5) is 11.9. The largest absolute Gasteiger partial charge is 0.405 e. The molecule has 0 aliphatic rings. The smallest absolute Gasteiger partial charge is 0.342 e. The summed E-state index contributed by atoms with van der Waals surface area (Å²) < 4.78 is 40.2. The van der Waals surface area contributed by atoms with Gasteiger partial charge in [0.05, 0.1) is 0 Å². The lowest BCUT2D eigenvalue weighted by Crippen LogP contribution is -2.34. The fourth-order valence-electron chi connectivity index (χ4n) is 2.92. The van der Waals surface area contributed by atoms with E-state index < -0.39 is 18.6 Å². The average molecular weight is 384 g/mol. The maximum atomic E-state index is 12.3. The maximum Gasteiger partial charge on any atom is 0.405 e. The van der Waals surface area contributed by atoms with Crippen LogP contribution in [-0.4, -0.2) is 32.8 Å². The molecule has 1 aromatic carbocycles. The number of aromatic nitrogens is 3. The molecule has 1 N–H and O–H groups in total. The first kappa shape index (κ1) is 17.8. The van der Waals surface area contributed by atoms with Crippen molar-refractivity contribution in [3.8, 4) is 16.9 Å². The fraction of sp³-hybridized carbons (Fsp3) is 0.100. The van der Waals surface area contributed by atoms with Gasteiger partial charge < -0.3 is 9.72 Å². The number of hydrogen-bond acceptors (Lipinski definition) is 2. The third-order valence-electron chi connectivity index (χ3n) is 4.24. The minimum Gasteiger partial charge on any atom is -0.342 e. The van der Waals surface area contributed by atoms with Gasteiger partial charge in [-0.25, -0.2) is 4.68 Å². The number of fused-ring (bicyclic) bond motifs is 1. The molecule has 0 saturated heterocycles. The molecule has 0 unspecified atom stereocenters. The molecule has 3 heterocycles. The predicted octanol–water partition coefficient (Wildman–Crippen LogP) is 4.08. The number of hydrogen-bond donors (Lipinski definition) is 1. The predicted molar refractivity (Wildman–Crippen MR) is 98.3 cm³/mol. The normalized spacial score (nSPS) is 11.7. The van der Waals surface area contributed by atoms with E-state index in [2.05, 4.69) is 5.10 Å². The zero-order valence-corrected chi connectivity index (χ0v) is 14.5. The van der Waals surface area contributed by atoms with E-state index in [0.717, 1.165) is 16.6 Å². The minimum absolute atomic E-state index is 0.0848. The van der Waals surface area contributed by atoms with Crippen molar-refractivity contribution in [1.29, 1.82) is 0 Å². The van der Waals surface area contributed by atoms with Crippen LogP contribution in [0.1, 0.15) is 10.5 Å². The molecular formula is C20H15F3N4O. The van der Waals surface area contributed by atoms with E-state index in [0.29, 0.717) is 5.82 Å². The molecule has 0 spiro atoms. The molecule has 4 rings (SSSR count). The van der Waals surface area contributed by atoms with Crippen molar-refractivity contribution in [2.45, 2.75) is 6.18 Å². The lowest BCUT2D eigenvalue weighted by Gasteiger charge is -2.07. The first-order valence-electron chi connectivity index (χ1n) is 8.48. The minimum atomic E-state index is -4.47. The number of nitrogens with zero attached hydrogens (tertiary/aromatic N) is 3. The standard InChI is InChI=1S/C20H15F3N4O/c21-20(22,23)13-24-19(28)17-10-11-27(25-17)18-9-8-16-7-6-15(12-26(16)18)14-4-2-1-3-5-14/h1-12H,13H2,(H,24,28). The number of carbonyl (C=O) groups is 1. The summed E-state index contributed by atoms with van der Waals surface area (Å²) in [5.41, 5.74) is 2.89. The highest BCUT2D eigenvalue weighted by molar-refractivity contribution is 5.92. The molecule has 28 heavy (non-hydrogen) atoms. The van der Waals surface area contributed by atoms with Gasteiger partial charge in [-0.05, 0) is 35.4 Å². The lowest BCUT2D eigenvalue weighted by atomic mass is 10.1. The zero-order chi connectivity index (χ0) is 19.7. The Kier molecular flexibility index (Phi) is 4.38. The van der Waals surface area contributed by atoms with Gasteiger partial charge in [0.25, 0.3) is 5.91 Å². The van der Waals surface area contributed by atoms with Crippen molar-refractivity contribution in [3.63, 3.8) is 0 Å². The van der Waals surface area contributed by atoms with Crippen molar-refractivity contribution >= 4 is 11.4 Å². The highest BCUT2D eigenvalue weighted by Gasteiger charge is 2.28. The van der Waals surface area contributed by atoms with Crippen LogP contribution in [0.2, 0.25) is 0 Å². The van der Waals surface area contributed by atoms with Crippen LogP contribution < -0.4 is 5.32 Å². The third kappa shape index (κ3) is 3.62. The summed E-state index contributed by atoms with van der Waals surface area (Å²) in [6.45, 7) is -1.40. The molecule has 8 heteroatoms. The SMILES string of the molecule is O=C(NCC(F)(F)F)c1ccn(-c2ccc3ccc(-c4ccccc4)cn23)n1. The number of pyridine rings is 1.